The van der Waals surface area contributed by atoms with Gasteiger partial charge in [-0.2, -0.15) is 0 Å². The van der Waals surface area contributed by atoms with Crippen LogP contribution in [-0.4, -0.2) is 12.1 Å². The monoisotopic (exact) mass is 269 g/mol. The van der Waals surface area contributed by atoms with Gasteiger partial charge in [-0.3, -0.25) is 4.79 Å². The van der Waals surface area contributed by atoms with Crippen LogP contribution in [0.3, 0.4) is 0 Å². The maximum atomic E-state index is 11.5. The molecule has 1 atom stereocenters. The van der Waals surface area contributed by atoms with Crippen LogP contribution in [-0.2, 0) is 9.53 Å². The van der Waals surface area contributed by atoms with Crippen molar-refractivity contribution in [3.8, 4) is 0 Å². The number of carbonyl (C=O) groups excluding carboxylic acids is 1. The van der Waals surface area contributed by atoms with Crippen LogP contribution in [0.15, 0.2) is 0 Å². The van der Waals surface area contributed by atoms with Gasteiger partial charge < -0.3 is 4.74 Å². The number of unbranched alkanes of at least 4 members (excludes halogenated alkanes) is 8. The molecule has 2 nitrogen and oxygen atoms in total. The molecule has 0 spiro atoms. The summed E-state index contributed by atoms with van der Waals surface area (Å²) in [5.74, 6) is -0.0431. The lowest BCUT2D eigenvalue weighted by Gasteiger charge is -2.13. The molecule has 1 unspecified atom stereocenters. The number of ether oxygens (including phenoxy) is 1. The van der Waals surface area contributed by atoms with E-state index >= 15 is 0 Å². The van der Waals surface area contributed by atoms with Crippen LogP contribution in [0.4, 0.5) is 0 Å². The van der Waals surface area contributed by atoms with E-state index in [1.807, 2.05) is 6.92 Å². The van der Waals surface area contributed by atoms with Gasteiger partial charge in [0.05, 0.1) is 0 Å². The van der Waals surface area contributed by atoms with Crippen molar-refractivity contribution in [1.29, 1.82) is 0 Å². The van der Waals surface area contributed by atoms with Crippen molar-refractivity contribution in [3.05, 3.63) is 6.92 Å². The van der Waals surface area contributed by atoms with Crippen molar-refractivity contribution in [2.75, 3.05) is 0 Å². The Morgan fingerprint density at radius 3 is 1.95 bits per heavy atom. The Morgan fingerprint density at radius 1 is 0.947 bits per heavy atom. The third kappa shape index (κ3) is 12.3. The highest BCUT2D eigenvalue weighted by atomic mass is 16.5. The zero-order chi connectivity index (χ0) is 14.3. The summed E-state index contributed by atoms with van der Waals surface area (Å²) in [6.07, 6.45) is 13.6. The summed E-state index contributed by atoms with van der Waals surface area (Å²) >= 11 is 0. The Balaban J connectivity index is 3.27. The molecule has 0 saturated heterocycles. The molecule has 0 N–H and O–H groups in total. The van der Waals surface area contributed by atoms with Gasteiger partial charge in [0.2, 0.25) is 0 Å². The molecular formula is C17H33O2. The zero-order valence-corrected chi connectivity index (χ0v) is 13.1. The fraction of sp³-hybridized carbons (Fsp3) is 0.882. The molecule has 0 aromatic carbocycles. The zero-order valence-electron chi connectivity index (χ0n) is 13.1. The first-order chi connectivity index (χ1) is 9.24. The van der Waals surface area contributed by atoms with Crippen molar-refractivity contribution in [2.45, 2.75) is 97.0 Å². The second-order valence-electron chi connectivity index (χ2n) is 5.39. The van der Waals surface area contributed by atoms with Crippen LogP contribution in [0, 0.1) is 6.92 Å². The maximum Gasteiger partial charge on any atom is 0.306 e. The average molecular weight is 269 g/mol. The molecule has 1 radical (unpaired) electrons. The first kappa shape index (κ1) is 18.5. The minimum absolute atomic E-state index is 0.0195. The number of rotatable bonds is 13. The molecule has 2 heteroatoms. The first-order valence-electron chi connectivity index (χ1n) is 8.23. The fourth-order valence-electron chi connectivity index (χ4n) is 2.17. The average Bonchev–Trinajstić information content (AvgIpc) is 2.43. The van der Waals surface area contributed by atoms with Gasteiger partial charge >= 0.3 is 5.97 Å². The van der Waals surface area contributed by atoms with Crippen molar-refractivity contribution in [3.63, 3.8) is 0 Å². The van der Waals surface area contributed by atoms with Gasteiger partial charge in [-0.05, 0) is 26.2 Å². The van der Waals surface area contributed by atoms with Gasteiger partial charge in [-0.25, -0.2) is 0 Å². The van der Waals surface area contributed by atoms with Crippen LogP contribution >= 0.6 is 0 Å². The quantitative estimate of drug-likeness (QED) is 0.328. The van der Waals surface area contributed by atoms with Crippen LogP contribution < -0.4 is 0 Å². The largest absolute Gasteiger partial charge is 0.462 e. The maximum absolute atomic E-state index is 11.5. The molecule has 113 valence electrons. The summed E-state index contributed by atoms with van der Waals surface area (Å²) in [5.41, 5.74) is 0. The molecule has 0 aliphatic carbocycles. The molecule has 0 rings (SSSR count). The molecular weight excluding hydrogens is 236 g/mol. The topological polar surface area (TPSA) is 26.3 Å². The number of hydrogen-bond donors (Lipinski definition) is 0. The summed E-state index contributed by atoms with van der Waals surface area (Å²) in [6, 6.07) is 0. The molecule has 0 bridgehead atoms. The van der Waals surface area contributed by atoms with Crippen molar-refractivity contribution in [1.82, 2.24) is 0 Å². The van der Waals surface area contributed by atoms with E-state index in [9.17, 15) is 4.79 Å². The van der Waals surface area contributed by atoms with Crippen molar-refractivity contribution in [2.24, 2.45) is 0 Å². The second-order valence-corrected chi connectivity index (χ2v) is 5.39. The second kappa shape index (κ2) is 13.9. The lowest BCUT2D eigenvalue weighted by molar-refractivity contribution is -0.149. The smallest absolute Gasteiger partial charge is 0.306 e. The summed E-state index contributed by atoms with van der Waals surface area (Å²) in [4.78, 5) is 11.5. The van der Waals surface area contributed by atoms with E-state index in [4.69, 9.17) is 4.74 Å². The van der Waals surface area contributed by atoms with Crippen LogP contribution in [0.25, 0.3) is 0 Å². The Labute approximate surface area is 120 Å². The molecule has 0 heterocycles. The molecule has 0 amide bonds. The molecule has 0 aliphatic rings. The summed E-state index contributed by atoms with van der Waals surface area (Å²) < 4.78 is 5.32. The van der Waals surface area contributed by atoms with Crippen LogP contribution in [0.5, 0.6) is 0 Å². The molecule has 19 heavy (non-hydrogen) atoms. The summed E-state index contributed by atoms with van der Waals surface area (Å²) in [6.45, 7) is 8.06. The van der Waals surface area contributed by atoms with Crippen LogP contribution in [0.2, 0.25) is 0 Å². The summed E-state index contributed by atoms with van der Waals surface area (Å²) in [7, 11) is 0. The van der Waals surface area contributed by atoms with Crippen LogP contribution in [0.1, 0.15) is 90.9 Å². The highest BCUT2D eigenvalue weighted by Gasteiger charge is 2.09. The van der Waals surface area contributed by atoms with Gasteiger partial charge in [0, 0.05) is 6.42 Å². The number of carbonyl (C=O) groups is 1. The molecule has 0 aromatic heterocycles. The number of hydrogen-bond acceptors (Lipinski definition) is 2. The van der Waals surface area contributed by atoms with Gasteiger partial charge in [0.15, 0.2) is 0 Å². The Morgan fingerprint density at radius 2 is 1.47 bits per heavy atom. The predicted octanol–water partition coefficient (Wildman–Crippen LogP) is 5.45. The summed E-state index contributed by atoms with van der Waals surface area (Å²) in [5, 5.41) is 0. The highest BCUT2D eigenvalue weighted by Crippen LogP contribution is 2.11. The third-order valence-electron chi connectivity index (χ3n) is 3.56. The molecule has 0 fully saturated rings. The number of esters is 1. The Bertz CT molecular complexity index is 197. The SMILES string of the molecule is [CH2]CC(CC)OC(=O)CCCCCCCCCCC. The Kier molecular flexibility index (Phi) is 13.5. The minimum Gasteiger partial charge on any atom is -0.462 e. The van der Waals surface area contributed by atoms with E-state index in [1.54, 1.807) is 0 Å². The van der Waals surface area contributed by atoms with E-state index in [1.165, 1.54) is 44.9 Å². The third-order valence-corrected chi connectivity index (χ3v) is 3.56. The van der Waals surface area contributed by atoms with Gasteiger partial charge in [-0.15, -0.1) is 0 Å². The Hall–Kier alpha value is -0.530. The van der Waals surface area contributed by atoms with E-state index in [0.717, 1.165) is 19.3 Å². The van der Waals surface area contributed by atoms with E-state index in [0.29, 0.717) is 12.8 Å². The van der Waals surface area contributed by atoms with Gasteiger partial charge in [0.25, 0.3) is 0 Å². The highest BCUT2D eigenvalue weighted by molar-refractivity contribution is 5.69. The molecule has 0 aromatic rings. The van der Waals surface area contributed by atoms with E-state index < -0.39 is 0 Å². The van der Waals surface area contributed by atoms with Crippen molar-refractivity contribution >= 4 is 5.97 Å². The van der Waals surface area contributed by atoms with Gasteiger partial charge in [0.1, 0.15) is 6.10 Å². The first-order valence-corrected chi connectivity index (χ1v) is 8.23. The lowest BCUT2D eigenvalue weighted by Crippen LogP contribution is -2.16. The van der Waals surface area contributed by atoms with E-state index in [-0.39, 0.29) is 12.1 Å². The predicted molar refractivity (Wildman–Crippen MR) is 82.0 cm³/mol. The normalized spacial score (nSPS) is 10.9. The molecule has 0 aliphatic heterocycles. The lowest BCUT2D eigenvalue weighted by atomic mass is 10.1. The minimum atomic E-state index is -0.0431. The van der Waals surface area contributed by atoms with Crippen molar-refractivity contribution < 1.29 is 9.53 Å². The fourth-order valence-corrected chi connectivity index (χ4v) is 2.17. The van der Waals surface area contributed by atoms with Gasteiger partial charge in [-0.1, -0.05) is 65.2 Å². The molecule has 0 saturated carbocycles. The van der Waals surface area contributed by atoms with E-state index in [2.05, 4.69) is 13.8 Å². The standard InChI is InChI=1S/C17H33O2/c1-4-7-8-9-10-11-12-13-14-15-17(18)19-16(5-2)6-3/h16H,2,4-15H2,1,3H3.